The van der Waals surface area contributed by atoms with Gasteiger partial charge in [-0.15, -0.1) is 0 Å². The van der Waals surface area contributed by atoms with Crippen molar-refractivity contribution in [3.05, 3.63) is 47.4 Å². The SMILES string of the molecule is Cc1nc(C(=O)Nc2cccc(C(F)(F)F)c2)cc(N2CCOCC2)n1. The van der Waals surface area contributed by atoms with Gasteiger partial charge in [-0.25, -0.2) is 9.97 Å². The fraction of sp³-hybridized carbons (Fsp3) is 0.353. The van der Waals surface area contributed by atoms with E-state index in [1.165, 1.54) is 18.2 Å². The lowest BCUT2D eigenvalue weighted by Crippen LogP contribution is -2.37. The Hall–Kier alpha value is -2.68. The van der Waals surface area contributed by atoms with Gasteiger partial charge in [0.25, 0.3) is 5.91 Å². The van der Waals surface area contributed by atoms with E-state index in [0.29, 0.717) is 37.9 Å². The predicted molar refractivity (Wildman–Crippen MR) is 89.2 cm³/mol. The van der Waals surface area contributed by atoms with Crippen LogP contribution in [0, 0.1) is 6.92 Å². The van der Waals surface area contributed by atoms with Gasteiger partial charge in [-0.3, -0.25) is 4.79 Å². The molecule has 1 aliphatic heterocycles. The Morgan fingerprint density at radius 2 is 1.92 bits per heavy atom. The molecule has 0 unspecified atom stereocenters. The highest BCUT2D eigenvalue weighted by atomic mass is 19.4. The standard InChI is InChI=1S/C17H17F3N4O2/c1-11-21-14(10-15(22-11)24-5-7-26-8-6-24)16(25)23-13-4-2-3-12(9-13)17(18,19)20/h2-4,9-10H,5-8H2,1H3,(H,23,25). The number of carbonyl (C=O) groups is 1. The molecule has 1 aliphatic rings. The van der Waals surface area contributed by atoms with E-state index in [9.17, 15) is 18.0 Å². The molecule has 2 aromatic rings. The molecule has 1 amide bonds. The number of rotatable bonds is 3. The van der Waals surface area contributed by atoms with E-state index < -0.39 is 17.6 Å². The first-order chi connectivity index (χ1) is 12.3. The lowest BCUT2D eigenvalue weighted by atomic mass is 10.2. The molecule has 26 heavy (non-hydrogen) atoms. The Balaban J connectivity index is 1.80. The van der Waals surface area contributed by atoms with Crippen LogP contribution in [0.15, 0.2) is 30.3 Å². The molecule has 6 nitrogen and oxygen atoms in total. The average molecular weight is 366 g/mol. The lowest BCUT2D eigenvalue weighted by Gasteiger charge is -2.28. The number of carbonyl (C=O) groups excluding carboxylic acids is 1. The van der Waals surface area contributed by atoms with Gasteiger partial charge in [0, 0.05) is 24.8 Å². The van der Waals surface area contributed by atoms with Gasteiger partial charge in [0.05, 0.1) is 18.8 Å². The van der Waals surface area contributed by atoms with Gasteiger partial charge in [-0.1, -0.05) is 6.07 Å². The molecule has 0 saturated carbocycles. The van der Waals surface area contributed by atoms with E-state index in [0.717, 1.165) is 12.1 Å². The van der Waals surface area contributed by atoms with Crippen LogP contribution >= 0.6 is 0 Å². The van der Waals surface area contributed by atoms with Crippen LogP contribution in [-0.4, -0.2) is 42.2 Å². The van der Waals surface area contributed by atoms with Crippen LogP contribution in [0.1, 0.15) is 21.9 Å². The number of alkyl halides is 3. The van der Waals surface area contributed by atoms with Gasteiger partial charge in [0.15, 0.2) is 0 Å². The maximum absolute atomic E-state index is 12.8. The molecule has 0 bridgehead atoms. The molecule has 0 atom stereocenters. The highest BCUT2D eigenvalue weighted by Gasteiger charge is 2.30. The van der Waals surface area contributed by atoms with Crippen molar-refractivity contribution < 1.29 is 22.7 Å². The second-order valence-electron chi connectivity index (χ2n) is 5.79. The Morgan fingerprint density at radius 1 is 1.19 bits per heavy atom. The summed E-state index contributed by atoms with van der Waals surface area (Å²) in [7, 11) is 0. The van der Waals surface area contributed by atoms with Gasteiger partial charge in [0.2, 0.25) is 0 Å². The minimum absolute atomic E-state index is 0.0500. The normalized spacial score (nSPS) is 15.0. The number of anilines is 2. The fourth-order valence-electron chi connectivity index (χ4n) is 2.59. The largest absolute Gasteiger partial charge is 0.416 e. The predicted octanol–water partition coefficient (Wildman–Crippen LogP) is 2.89. The molecule has 0 radical (unpaired) electrons. The number of ether oxygens (including phenoxy) is 1. The quantitative estimate of drug-likeness (QED) is 0.905. The van der Waals surface area contributed by atoms with Crippen molar-refractivity contribution in [3.8, 4) is 0 Å². The highest BCUT2D eigenvalue weighted by Crippen LogP contribution is 2.30. The number of hydrogen-bond donors (Lipinski definition) is 1. The molecule has 3 rings (SSSR count). The number of nitrogens with one attached hydrogen (secondary N) is 1. The number of aromatic nitrogens is 2. The second-order valence-corrected chi connectivity index (χ2v) is 5.79. The third kappa shape index (κ3) is 4.29. The summed E-state index contributed by atoms with van der Waals surface area (Å²) < 4.78 is 43.7. The first kappa shape index (κ1) is 18.1. The van der Waals surface area contributed by atoms with Gasteiger partial charge in [0.1, 0.15) is 17.3 Å². The molecule has 2 heterocycles. The Kier molecular flexibility index (Phi) is 5.08. The summed E-state index contributed by atoms with van der Waals surface area (Å²) in [4.78, 5) is 22.8. The summed E-state index contributed by atoms with van der Waals surface area (Å²) in [5.74, 6) is 0.405. The number of halogens is 3. The van der Waals surface area contributed by atoms with E-state index >= 15 is 0 Å². The Bertz CT molecular complexity index is 805. The molecule has 1 N–H and O–H groups in total. The van der Waals surface area contributed by atoms with Gasteiger partial charge in [-0.05, 0) is 25.1 Å². The van der Waals surface area contributed by atoms with Crippen molar-refractivity contribution in [3.63, 3.8) is 0 Å². The van der Waals surface area contributed by atoms with Gasteiger partial charge >= 0.3 is 6.18 Å². The van der Waals surface area contributed by atoms with Crippen molar-refractivity contribution in [1.29, 1.82) is 0 Å². The van der Waals surface area contributed by atoms with Crippen LogP contribution in [0.4, 0.5) is 24.7 Å². The molecule has 0 aliphatic carbocycles. The number of benzene rings is 1. The summed E-state index contributed by atoms with van der Waals surface area (Å²) in [5.41, 5.74) is -0.686. The van der Waals surface area contributed by atoms with Crippen molar-refractivity contribution in [2.24, 2.45) is 0 Å². The van der Waals surface area contributed by atoms with Crippen LogP contribution in [-0.2, 0) is 10.9 Å². The summed E-state index contributed by atoms with van der Waals surface area (Å²) in [5, 5.41) is 2.46. The van der Waals surface area contributed by atoms with Crippen LogP contribution in [0.2, 0.25) is 0 Å². The zero-order valence-corrected chi connectivity index (χ0v) is 14.0. The number of aryl methyl sites for hydroxylation is 1. The van der Waals surface area contributed by atoms with Crippen molar-refractivity contribution in [2.75, 3.05) is 36.5 Å². The highest BCUT2D eigenvalue weighted by molar-refractivity contribution is 6.03. The zero-order chi connectivity index (χ0) is 18.7. The summed E-state index contributed by atoms with van der Waals surface area (Å²) in [6.07, 6.45) is -4.48. The topological polar surface area (TPSA) is 67.4 Å². The van der Waals surface area contributed by atoms with Crippen LogP contribution < -0.4 is 10.2 Å². The minimum atomic E-state index is -4.48. The molecular formula is C17H17F3N4O2. The molecule has 1 saturated heterocycles. The first-order valence-corrected chi connectivity index (χ1v) is 8.00. The van der Waals surface area contributed by atoms with Gasteiger partial charge < -0.3 is 15.0 Å². The summed E-state index contributed by atoms with van der Waals surface area (Å²) in [6, 6.07) is 5.99. The van der Waals surface area contributed by atoms with Crippen molar-refractivity contribution in [1.82, 2.24) is 9.97 Å². The molecular weight excluding hydrogens is 349 g/mol. The minimum Gasteiger partial charge on any atom is -0.378 e. The maximum Gasteiger partial charge on any atom is 0.416 e. The first-order valence-electron chi connectivity index (χ1n) is 8.00. The average Bonchev–Trinajstić information content (AvgIpc) is 2.61. The van der Waals surface area contributed by atoms with Gasteiger partial charge in [-0.2, -0.15) is 13.2 Å². The number of nitrogens with zero attached hydrogens (tertiary/aromatic N) is 3. The second kappa shape index (κ2) is 7.28. The summed E-state index contributed by atoms with van der Waals surface area (Å²) in [6.45, 7) is 4.07. The van der Waals surface area contributed by atoms with E-state index in [2.05, 4.69) is 15.3 Å². The molecule has 1 aromatic heterocycles. The van der Waals surface area contributed by atoms with Crippen LogP contribution in [0.5, 0.6) is 0 Å². The van der Waals surface area contributed by atoms with E-state index in [4.69, 9.17) is 4.74 Å². The molecule has 9 heteroatoms. The fourth-order valence-corrected chi connectivity index (χ4v) is 2.59. The van der Waals surface area contributed by atoms with Crippen molar-refractivity contribution in [2.45, 2.75) is 13.1 Å². The number of hydrogen-bond acceptors (Lipinski definition) is 5. The van der Waals surface area contributed by atoms with Crippen molar-refractivity contribution >= 4 is 17.4 Å². The number of amides is 1. The van der Waals surface area contributed by atoms with Crippen LogP contribution in [0.3, 0.4) is 0 Å². The number of morpholine rings is 1. The molecule has 138 valence electrons. The van der Waals surface area contributed by atoms with E-state index in [-0.39, 0.29) is 11.4 Å². The van der Waals surface area contributed by atoms with E-state index in [1.807, 2.05) is 4.90 Å². The summed E-state index contributed by atoms with van der Waals surface area (Å²) >= 11 is 0. The molecule has 1 aromatic carbocycles. The lowest BCUT2D eigenvalue weighted by molar-refractivity contribution is -0.137. The van der Waals surface area contributed by atoms with E-state index in [1.54, 1.807) is 6.92 Å². The molecule has 0 spiro atoms. The Labute approximate surface area is 148 Å². The smallest absolute Gasteiger partial charge is 0.378 e. The third-order valence-electron chi connectivity index (χ3n) is 3.84. The maximum atomic E-state index is 12.8. The molecule has 1 fully saturated rings. The third-order valence-corrected chi connectivity index (χ3v) is 3.84. The Morgan fingerprint density at radius 3 is 2.62 bits per heavy atom. The monoisotopic (exact) mass is 366 g/mol. The van der Waals surface area contributed by atoms with Crippen LogP contribution in [0.25, 0.3) is 0 Å². The zero-order valence-electron chi connectivity index (χ0n) is 14.0.